The van der Waals surface area contributed by atoms with E-state index in [0.717, 1.165) is 5.75 Å². The number of halogens is 3. The average Bonchev–Trinajstić information content (AvgIpc) is 2.15. The van der Waals surface area contributed by atoms with Gasteiger partial charge in [-0.3, -0.25) is 0 Å². The molecule has 0 unspecified atom stereocenters. The second-order valence-electron chi connectivity index (χ2n) is 3.47. The van der Waals surface area contributed by atoms with Crippen LogP contribution in [-0.4, -0.2) is 10.7 Å². The molecule has 0 N–H and O–H groups in total. The van der Waals surface area contributed by atoms with Crippen LogP contribution in [0.15, 0.2) is 18.2 Å². The standard InChI is InChI=1S/C11H13FO.2ClH.Ru/c1-8(2)13(4)11-6-5-10(12)7-9(11)3;;;/h3,5-8H,4H2,1-2H3;2*1H;/q;;;+2/p-2. The molecule has 0 atom stereocenters. The number of benzene rings is 1. The molecule has 0 fully saturated rings. The van der Waals surface area contributed by atoms with Crippen molar-refractivity contribution >= 4 is 24.0 Å². The summed E-state index contributed by atoms with van der Waals surface area (Å²) in [7, 11) is 15.4. The van der Waals surface area contributed by atoms with Gasteiger partial charge in [0.25, 0.3) is 0 Å². The summed E-state index contributed by atoms with van der Waals surface area (Å²) in [5.41, 5.74) is 0.678. The summed E-state index contributed by atoms with van der Waals surface area (Å²) in [6.45, 7) is 3.95. The van der Waals surface area contributed by atoms with Crippen molar-refractivity contribution in [2.75, 3.05) is 0 Å². The molecule has 5 heteroatoms. The van der Waals surface area contributed by atoms with E-state index in [1.165, 1.54) is 12.1 Å². The molecule has 1 aromatic carbocycles. The van der Waals surface area contributed by atoms with E-state index < -0.39 is 13.5 Å². The van der Waals surface area contributed by atoms with Gasteiger partial charge in [0.05, 0.1) is 0 Å². The Hall–Kier alpha value is 0.0234. The Balaban J connectivity index is 3.22. The molecule has 16 heavy (non-hydrogen) atoms. The maximum atomic E-state index is 13.1. The van der Waals surface area contributed by atoms with Crippen molar-refractivity contribution < 1.29 is 22.3 Å². The van der Waals surface area contributed by atoms with E-state index in [1.807, 2.05) is 13.8 Å². The molecular formula is C11H13Cl2FORu. The molecule has 0 spiro atoms. The molecular weight excluding hydrogens is 339 g/mol. The minimum atomic E-state index is -1.97. The van der Waals surface area contributed by atoms with Gasteiger partial charge in [0.2, 0.25) is 0 Å². The summed E-state index contributed by atoms with van der Waals surface area (Å²) in [6, 6.07) is 4.46. The number of hydrogen-bond donors (Lipinski definition) is 0. The Bertz CT molecular complexity index is 403. The second kappa shape index (κ2) is 6.09. The molecule has 0 amide bonds. The summed E-state index contributed by atoms with van der Waals surface area (Å²) in [5.74, 6) is 0.452. The topological polar surface area (TPSA) is 2.70 Å². The first kappa shape index (κ1) is 14.1. The van der Waals surface area contributed by atoms with E-state index in [2.05, 4.69) is 11.5 Å². The normalized spacial score (nSPS) is 11.6. The van der Waals surface area contributed by atoms with E-state index in [0.29, 0.717) is 5.56 Å². The van der Waals surface area contributed by atoms with Crippen LogP contribution < -0.4 is 0 Å². The summed E-state index contributed by atoms with van der Waals surface area (Å²) in [4.78, 5) is 0. The van der Waals surface area contributed by atoms with Gasteiger partial charge in [-0.25, -0.2) is 0 Å². The van der Waals surface area contributed by atoms with Crippen molar-refractivity contribution in [2.24, 2.45) is 0 Å². The van der Waals surface area contributed by atoms with Gasteiger partial charge in [-0.1, -0.05) is 0 Å². The third kappa shape index (κ3) is 3.80. The first-order valence-corrected chi connectivity index (χ1v) is 10.0. The van der Waals surface area contributed by atoms with Crippen molar-refractivity contribution in [3.63, 3.8) is 0 Å². The van der Waals surface area contributed by atoms with Crippen LogP contribution in [0, 0.1) is 12.9 Å². The quantitative estimate of drug-likeness (QED) is 0.432. The van der Waals surface area contributed by atoms with E-state index >= 15 is 0 Å². The average molecular weight is 352 g/mol. The first-order valence-electron chi connectivity index (χ1n) is 4.57. The van der Waals surface area contributed by atoms with Crippen LogP contribution in [0.2, 0.25) is 0 Å². The Labute approximate surface area is 108 Å². The van der Waals surface area contributed by atoms with Crippen LogP contribution in [0.1, 0.15) is 19.4 Å². The zero-order chi connectivity index (χ0) is 12.3. The molecule has 1 aromatic rings. The molecule has 0 aliphatic carbocycles. The summed E-state index contributed by atoms with van der Waals surface area (Å²) >= 11 is -1.97. The Morgan fingerprint density at radius 3 is 2.56 bits per heavy atom. The monoisotopic (exact) mass is 352 g/mol. The molecule has 0 saturated carbocycles. The molecule has 0 radical (unpaired) electrons. The SMILES string of the molecule is [CH2-][O+](c1ccc(F)cc1[CH]=[Ru]([Cl])[Cl])C(C)C. The van der Waals surface area contributed by atoms with Gasteiger partial charge in [0.15, 0.2) is 0 Å². The zero-order valence-corrected chi connectivity index (χ0v) is 12.2. The Morgan fingerprint density at radius 1 is 1.44 bits per heavy atom. The van der Waals surface area contributed by atoms with Crippen LogP contribution in [0.4, 0.5) is 4.39 Å². The third-order valence-electron chi connectivity index (χ3n) is 2.01. The van der Waals surface area contributed by atoms with Crippen LogP contribution in [0.25, 0.3) is 0 Å². The van der Waals surface area contributed by atoms with E-state index in [4.69, 9.17) is 19.4 Å². The van der Waals surface area contributed by atoms with Gasteiger partial charge in [-0.15, -0.1) is 0 Å². The predicted molar refractivity (Wildman–Crippen MR) is 64.3 cm³/mol. The second-order valence-corrected chi connectivity index (χ2v) is 9.19. The van der Waals surface area contributed by atoms with E-state index in [-0.39, 0.29) is 11.9 Å². The van der Waals surface area contributed by atoms with Crippen molar-refractivity contribution in [3.05, 3.63) is 36.7 Å². The minimum absolute atomic E-state index is 0.143. The van der Waals surface area contributed by atoms with Gasteiger partial charge in [-0.05, 0) is 0 Å². The number of hydrogen-bond acceptors (Lipinski definition) is 0. The maximum absolute atomic E-state index is 13.1. The first-order chi connectivity index (χ1) is 7.41. The molecule has 0 bridgehead atoms. The van der Waals surface area contributed by atoms with Gasteiger partial charge in [0, 0.05) is 0 Å². The predicted octanol–water partition coefficient (Wildman–Crippen LogP) is 4.37. The van der Waals surface area contributed by atoms with Crippen LogP contribution in [-0.2, 0) is 17.9 Å². The molecule has 0 aromatic heterocycles. The fourth-order valence-electron chi connectivity index (χ4n) is 1.17. The van der Waals surface area contributed by atoms with Crippen molar-refractivity contribution in [1.29, 1.82) is 0 Å². The van der Waals surface area contributed by atoms with Crippen LogP contribution in [0.3, 0.4) is 0 Å². The molecule has 0 aliphatic heterocycles. The molecule has 0 aliphatic rings. The van der Waals surface area contributed by atoms with E-state index in [9.17, 15) is 4.39 Å². The fraction of sp³-hybridized carbons (Fsp3) is 0.273. The summed E-state index contributed by atoms with van der Waals surface area (Å²) in [6.07, 6.45) is 0.143. The fourth-order valence-corrected chi connectivity index (χ4v) is 2.96. The Kier molecular flexibility index (Phi) is 5.36. The summed E-state index contributed by atoms with van der Waals surface area (Å²) < 4.78 is 17.5. The molecule has 1 nitrogen and oxygen atoms in total. The van der Waals surface area contributed by atoms with E-state index in [1.54, 1.807) is 10.7 Å². The van der Waals surface area contributed by atoms with Crippen LogP contribution in [0.5, 0.6) is 5.75 Å². The van der Waals surface area contributed by atoms with Crippen molar-refractivity contribution in [1.82, 2.24) is 0 Å². The third-order valence-corrected chi connectivity index (χ3v) is 3.84. The molecule has 1 rings (SSSR count). The molecule has 0 heterocycles. The van der Waals surface area contributed by atoms with Gasteiger partial charge >= 0.3 is 109 Å². The van der Waals surface area contributed by atoms with Gasteiger partial charge in [0.1, 0.15) is 0 Å². The molecule has 0 saturated heterocycles. The molecule has 92 valence electrons. The van der Waals surface area contributed by atoms with Crippen molar-refractivity contribution in [3.8, 4) is 5.75 Å². The van der Waals surface area contributed by atoms with Gasteiger partial charge in [-0.2, -0.15) is 0 Å². The Morgan fingerprint density at radius 2 is 2.06 bits per heavy atom. The van der Waals surface area contributed by atoms with Crippen molar-refractivity contribution in [2.45, 2.75) is 20.0 Å². The number of rotatable bonds is 3. The van der Waals surface area contributed by atoms with Gasteiger partial charge < -0.3 is 0 Å². The summed E-state index contributed by atoms with van der Waals surface area (Å²) in [5, 5.41) is 0. The zero-order valence-electron chi connectivity index (χ0n) is 8.99. The van der Waals surface area contributed by atoms with Crippen LogP contribution >= 0.6 is 19.4 Å².